The number of nitrogens with one attached hydrogen (secondary N) is 1. The number of rotatable bonds is 5. The highest BCUT2D eigenvalue weighted by Crippen LogP contribution is 2.30. The zero-order valence-corrected chi connectivity index (χ0v) is 13.1. The van der Waals surface area contributed by atoms with Gasteiger partial charge in [-0.15, -0.1) is 0 Å². The first-order valence-electron chi connectivity index (χ1n) is 6.95. The summed E-state index contributed by atoms with van der Waals surface area (Å²) in [7, 11) is 0. The van der Waals surface area contributed by atoms with Crippen LogP contribution in [0.2, 0.25) is 0 Å². The number of aryl methyl sites for hydroxylation is 2. The van der Waals surface area contributed by atoms with Gasteiger partial charge in [0.2, 0.25) is 0 Å². The highest BCUT2D eigenvalue weighted by molar-refractivity contribution is 5.89. The molecule has 0 aliphatic rings. The number of carboxylic acids is 1. The van der Waals surface area contributed by atoms with E-state index in [1.807, 2.05) is 6.92 Å². The van der Waals surface area contributed by atoms with Gasteiger partial charge >= 0.3 is 11.6 Å². The molecular weight excluding hydrogens is 302 g/mol. The molecule has 0 aliphatic heterocycles. The van der Waals surface area contributed by atoms with Crippen LogP contribution in [0.5, 0.6) is 5.75 Å². The lowest BCUT2D eigenvalue weighted by atomic mass is 10.0. The fourth-order valence-corrected chi connectivity index (χ4v) is 2.17. The smallest absolute Gasteiger partial charge is 0.339 e. The van der Waals surface area contributed by atoms with E-state index in [1.165, 1.54) is 0 Å². The standard InChI is InChI=1S/C16H17NO6/c1-8-4-11(22-7-13(18)17-6-14(19)20)15-9(2)10(3)16(21)23-12(15)5-8/h4-5H,6-7H2,1-3H3,(H,17,18)(H,19,20). The number of hydrogen-bond acceptors (Lipinski definition) is 5. The Kier molecular flexibility index (Phi) is 4.68. The third kappa shape index (κ3) is 3.68. The fourth-order valence-electron chi connectivity index (χ4n) is 2.17. The number of benzene rings is 1. The largest absolute Gasteiger partial charge is 0.483 e. The van der Waals surface area contributed by atoms with Crippen LogP contribution in [0.15, 0.2) is 21.3 Å². The van der Waals surface area contributed by atoms with Crippen molar-refractivity contribution in [2.75, 3.05) is 13.2 Å². The van der Waals surface area contributed by atoms with Gasteiger partial charge in [-0.1, -0.05) is 0 Å². The summed E-state index contributed by atoms with van der Waals surface area (Å²) in [6.07, 6.45) is 0. The summed E-state index contributed by atoms with van der Waals surface area (Å²) < 4.78 is 10.8. The minimum Gasteiger partial charge on any atom is -0.483 e. The molecule has 0 saturated heterocycles. The minimum absolute atomic E-state index is 0.330. The first-order valence-corrected chi connectivity index (χ1v) is 6.95. The van der Waals surface area contributed by atoms with Gasteiger partial charge in [0.15, 0.2) is 6.61 Å². The Balaban J connectivity index is 2.33. The topological polar surface area (TPSA) is 106 Å². The van der Waals surface area contributed by atoms with Crippen molar-refractivity contribution in [2.24, 2.45) is 0 Å². The lowest BCUT2D eigenvalue weighted by molar-refractivity contribution is -0.138. The summed E-state index contributed by atoms with van der Waals surface area (Å²) in [6.45, 7) is 4.45. The second kappa shape index (κ2) is 6.51. The van der Waals surface area contributed by atoms with Gasteiger partial charge in [0.1, 0.15) is 17.9 Å². The van der Waals surface area contributed by atoms with Crippen LogP contribution in [0.4, 0.5) is 0 Å². The van der Waals surface area contributed by atoms with Crippen molar-refractivity contribution in [1.82, 2.24) is 5.32 Å². The minimum atomic E-state index is -1.13. The summed E-state index contributed by atoms with van der Waals surface area (Å²) in [5.41, 5.74) is 1.98. The second-order valence-corrected chi connectivity index (χ2v) is 5.23. The van der Waals surface area contributed by atoms with E-state index in [9.17, 15) is 14.4 Å². The Bertz CT molecular complexity index is 837. The maximum Gasteiger partial charge on any atom is 0.339 e. The molecule has 1 heterocycles. The molecule has 0 aliphatic carbocycles. The van der Waals surface area contributed by atoms with Crippen LogP contribution in [0.25, 0.3) is 11.0 Å². The zero-order valence-electron chi connectivity index (χ0n) is 13.1. The first kappa shape index (κ1) is 16.5. The molecule has 0 atom stereocenters. The predicted molar refractivity (Wildman–Crippen MR) is 82.8 cm³/mol. The monoisotopic (exact) mass is 319 g/mol. The van der Waals surface area contributed by atoms with Crippen LogP contribution in [0.3, 0.4) is 0 Å². The summed E-state index contributed by atoms with van der Waals surface area (Å²) in [5, 5.41) is 11.4. The number of carboxylic acid groups (broad SMARTS) is 1. The van der Waals surface area contributed by atoms with Crippen molar-refractivity contribution in [3.63, 3.8) is 0 Å². The quantitative estimate of drug-likeness (QED) is 0.805. The van der Waals surface area contributed by atoms with Crippen LogP contribution in [-0.4, -0.2) is 30.1 Å². The number of aliphatic carboxylic acids is 1. The summed E-state index contributed by atoms with van der Waals surface area (Å²) in [4.78, 5) is 33.8. The van der Waals surface area contributed by atoms with Crippen LogP contribution in [0, 0.1) is 20.8 Å². The van der Waals surface area contributed by atoms with Gasteiger partial charge in [-0.3, -0.25) is 9.59 Å². The van der Waals surface area contributed by atoms with E-state index in [4.69, 9.17) is 14.3 Å². The molecule has 122 valence electrons. The average Bonchev–Trinajstić information content (AvgIpc) is 2.47. The maximum absolute atomic E-state index is 11.8. The predicted octanol–water partition coefficient (Wildman–Crippen LogP) is 1.30. The lowest BCUT2D eigenvalue weighted by Gasteiger charge is -2.12. The number of ether oxygens (including phenoxy) is 1. The molecule has 0 fully saturated rings. The van der Waals surface area contributed by atoms with E-state index in [-0.39, 0.29) is 6.61 Å². The number of carbonyl (C=O) groups is 2. The van der Waals surface area contributed by atoms with Crippen LogP contribution >= 0.6 is 0 Å². The fraction of sp³-hybridized carbons (Fsp3) is 0.312. The molecule has 23 heavy (non-hydrogen) atoms. The van der Waals surface area contributed by atoms with Crippen LogP contribution in [-0.2, 0) is 9.59 Å². The summed E-state index contributed by atoms with van der Waals surface area (Å²) in [5.74, 6) is -1.27. The molecule has 1 aromatic heterocycles. The first-order chi connectivity index (χ1) is 10.8. The molecule has 0 spiro atoms. The van der Waals surface area contributed by atoms with Crippen molar-refractivity contribution >= 4 is 22.8 Å². The third-order valence-corrected chi connectivity index (χ3v) is 3.45. The van der Waals surface area contributed by atoms with E-state index in [1.54, 1.807) is 26.0 Å². The Morgan fingerprint density at radius 1 is 1.22 bits per heavy atom. The van der Waals surface area contributed by atoms with E-state index in [0.29, 0.717) is 22.3 Å². The molecule has 2 rings (SSSR count). The average molecular weight is 319 g/mol. The molecule has 0 unspecified atom stereocenters. The molecule has 2 N–H and O–H groups in total. The van der Waals surface area contributed by atoms with Crippen molar-refractivity contribution in [3.05, 3.63) is 39.2 Å². The molecule has 0 radical (unpaired) electrons. The van der Waals surface area contributed by atoms with Crippen molar-refractivity contribution in [2.45, 2.75) is 20.8 Å². The van der Waals surface area contributed by atoms with Gasteiger partial charge in [0, 0.05) is 5.56 Å². The maximum atomic E-state index is 11.8. The molecule has 0 saturated carbocycles. The van der Waals surface area contributed by atoms with Crippen molar-refractivity contribution in [1.29, 1.82) is 0 Å². The molecule has 7 heteroatoms. The van der Waals surface area contributed by atoms with E-state index < -0.39 is 24.0 Å². The highest BCUT2D eigenvalue weighted by Gasteiger charge is 2.14. The number of carbonyl (C=O) groups excluding carboxylic acids is 1. The molecule has 1 amide bonds. The zero-order chi connectivity index (χ0) is 17.1. The van der Waals surface area contributed by atoms with Crippen LogP contribution in [0.1, 0.15) is 16.7 Å². The van der Waals surface area contributed by atoms with Gasteiger partial charge in [-0.2, -0.15) is 0 Å². The molecule has 7 nitrogen and oxygen atoms in total. The molecule has 0 bridgehead atoms. The SMILES string of the molecule is Cc1cc(OCC(=O)NCC(=O)O)c2c(C)c(C)c(=O)oc2c1. The van der Waals surface area contributed by atoms with Crippen molar-refractivity contribution < 1.29 is 23.8 Å². The van der Waals surface area contributed by atoms with Gasteiger partial charge in [-0.05, 0) is 44.0 Å². The van der Waals surface area contributed by atoms with E-state index in [2.05, 4.69) is 5.32 Å². The molecule has 1 aromatic carbocycles. The van der Waals surface area contributed by atoms with Crippen molar-refractivity contribution in [3.8, 4) is 5.75 Å². The molecular formula is C16H17NO6. The Labute approximate surface area is 131 Å². The van der Waals surface area contributed by atoms with Crippen LogP contribution < -0.4 is 15.7 Å². The summed E-state index contributed by atoms with van der Waals surface area (Å²) in [6, 6.07) is 3.46. The van der Waals surface area contributed by atoms with Gasteiger partial charge in [0.25, 0.3) is 5.91 Å². The van der Waals surface area contributed by atoms with Gasteiger partial charge in [0.05, 0.1) is 5.39 Å². The lowest BCUT2D eigenvalue weighted by Crippen LogP contribution is -2.33. The second-order valence-electron chi connectivity index (χ2n) is 5.23. The normalized spacial score (nSPS) is 10.6. The number of fused-ring (bicyclic) bond motifs is 1. The Hall–Kier alpha value is -2.83. The third-order valence-electron chi connectivity index (χ3n) is 3.45. The van der Waals surface area contributed by atoms with E-state index in [0.717, 1.165) is 11.1 Å². The molecule has 2 aromatic rings. The Morgan fingerprint density at radius 2 is 1.91 bits per heavy atom. The Morgan fingerprint density at radius 3 is 2.57 bits per heavy atom. The number of amides is 1. The summed E-state index contributed by atoms with van der Waals surface area (Å²) >= 11 is 0. The van der Waals surface area contributed by atoms with Gasteiger partial charge in [-0.25, -0.2) is 4.79 Å². The van der Waals surface area contributed by atoms with Gasteiger partial charge < -0.3 is 19.6 Å². The van der Waals surface area contributed by atoms with E-state index >= 15 is 0 Å². The number of hydrogen-bond donors (Lipinski definition) is 2. The highest BCUT2D eigenvalue weighted by atomic mass is 16.5.